The first-order valence-electron chi connectivity index (χ1n) is 9.54. The summed E-state index contributed by atoms with van der Waals surface area (Å²) in [5.41, 5.74) is -0.523. The Morgan fingerprint density at radius 1 is 1.16 bits per heavy atom. The topological polar surface area (TPSA) is 84.2 Å². The fourth-order valence-electron chi connectivity index (χ4n) is 3.18. The lowest BCUT2D eigenvalue weighted by Crippen LogP contribution is -2.33. The highest BCUT2D eigenvalue weighted by atomic mass is 19.4. The molecule has 0 fully saturated rings. The van der Waals surface area contributed by atoms with Gasteiger partial charge in [-0.1, -0.05) is 12.1 Å². The molecule has 6 nitrogen and oxygen atoms in total. The van der Waals surface area contributed by atoms with E-state index in [1.165, 1.54) is 18.2 Å². The molecule has 32 heavy (non-hydrogen) atoms. The van der Waals surface area contributed by atoms with Gasteiger partial charge in [-0.05, 0) is 43.3 Å². The Bertz CT molecular complexity index is 1190. The van der Waals surface area contributed by atoms with Crippen molar-refractivity contribution in [1.82, 2.24) is 9.55 Å². The molecule has 2 N–H and O–H groups in total. The van der Waals surface area contributed by atoms with Crippen molar-refractivity contribution in [1.29, 1.82) is 0 Å². The smallest absolute Gasteiger partial charge is 0.396 e. The van der Waals surface area contributed by atoms with Gasteiger partial charge in [-0.15, -0.1) is 0 Å². The van der Waals surface area contributed by atoms with E-state index in [0.717, 1.165) is 34.9 Å². The largest absolute Gasteiger partial charge is 0.416 e. The van der Waals surface area contributed by atoms with Crippen LogP contribution in [0.1, 0.15) is 16.8 Å². The van der Waals surface area contributed by atoms with Gasteiger partial charge in [0.1, 0.15) is 18.2 Å². The third kappa shape index (κ3) is 5.20. The molecule has 0 atom stereocenters. The van der Waals surface area contributed by atoms with Crippen molar-refractivity contribution in [3.8, 4) is 11.4 Å². The summed E-state index contributed by atoms with van der Waals surface area (Å²) in [5, 5.41) is 11.7. The molecule has 0 spiro atoms. The second-order valence-electron chi connectivity index (χ2n) is 7.00. The number of anilines is 1. The number of nitrogens with zero attached hydrogens (tertiary/aromatic N) is 2. The minimum Gasteiger partial charge on any atom is -0.396 e. The average Bonchev–Trinajstić information content (AvgIpc) is 2.72. The minimum atomic E-state index is -4.51. The number of aromatic nitrogens is 2. The van der Waals surface area contributed by atoms with Crippen LogP contribution in [0.25, 0.3) is 11.4 Å². The van der Waals surface area contributed by atoms with Crippen molar-refractivity contribution in [2.24, 2.45) is 0 Å². The summed E-state index contributed by atoms with van der Waals surface area (Å²) in [7, 11) is 0. The van der Waals surface area contributed by atoms with Gasteiger partial charge in [-0.25, -0.2) is 9.37 Å². The van der Waals surface area contributed by atoms with E-state index in [4.69, 9.17) is 0 Å². The fraction of sp³-hybridized carbons (Fsp3) is 0.227. The van der Waals surface area contributed by atoms with Crippen molar-refractivity contribution >= 4 is 11.6 Å². The molecule has 0 bridgehead atoms. The summed E-state index contributed by atoms with van der Waals surface area (Å²) < 4.78 is 52.9. The zero-order valence-electron chi connectivity index (χ0n) is 16.9. The number of halogens is 4. The Morgan fingerprint density at radius 3 is 2.44 bits per heavy atom. The number of carbonyl (C=O) groups excluding carboxylic acids is 1. The first-order valence-corrected chi connectivity index (χ1v) is 9.54. The molecule has 0 aliphatic rings. The third-order valence-electron chi connectivity index (χ3n) is 4.71. The van der Waals surface area contributed by atoms with Gasteiger partial charge < -0.3 is 10.4 Å². The lowest BCUT2D eigenvalue weighted by Gasteiger charge is -2.16. The molecule has 0 saturated heterocycles. The number of amides is 1. The van der Waals surface area contributed by atoms with Crippen LogP contribution in [0.3, 0.4) is 0 Å². The molecule has 0 saturated carbocycles. The van der Waals surface area contributed by atoms with Crippen molar-refractivity contribution in [3.05, 3.63) is 81.5 Å². The number of aliphatic hydroxyl groups is 1. The van der Waals surface area contributed by atoms with Gasteiger partial charge in [0, 0.05) is 35.5 Å². The Hall–Kier alpha value is -3.53. The van der Waals surface area contributed by atoms with Crippen LogP contribution >= 0.6 is 0 Å². The number of benzene rings is 2. The van der Waals surface area contributed by atoms with Crippen LogP contribution in [0, 0.1) is 12.7 Å². The maximum atomic E-state index is 13.7. The first kappa shape index (κ1) is 23.1. The standard InChI is InChI=1S/C22H19F4N3O3/c1-13-18(9-10-30)21(32)29(20(27-13)14-3-2-4-16(23)11-14)12-19(31)28-17-7-5-15(6-8-17)22(24,25)26/h2-8,11,30H,9-10,12H2,1H3,(H,28,31). The van der Waals surface area contributed by atoms with Crippen LogP contribution < -0.4 is 10.9 Å². The van der Waals surface area contributed by atoms with E-state index in [1.54, 1.807) is 6.92 Å². The highest BCUT2D eigenvalue weighted by Crippen LogP contribution is 2.29. The van der Waals surface area contributed by atoms with Crippen LogP contribution in [0.5, 0.6) is 0 Å². The summed E-state index contributed by atoms with van der Waals surface area (Å²) in [5.74, 6) is -1.20. The molecular weight excluding hydrogens is 430 g/mol. The van der Waals surface area contributed by atoms with E-state index in [1.807, 2.05) is 0 Å². The quantitative estimate of drug-likeness (QED) is 0.564. The summed E-state index contributed by atoms with van der Waals surface area (Å²) in [6.07, 6.45) is -4.49. The van der Waals surface area contributed by atoms with Crippen LogP contribution in [0.15, 0.2) is 53.3 Å². The predicted molar refractivity (Wildman–Crippen MR) is 109 cm³/mol. The lowest BCUT2D eigenvalue weighted by molar-refractivity contribution is -0.137. The molecule has 1 aromatic heterocycles. The van der Waals surface area contributed by atoms with Crippen molar-refractivity contribution < 1.29 is 27.5 Å². The molecular formula is C22H19F4N3O3. The summed E-state index contributed by atoms with van der Waals surface area (Å²) in [6.45, 7) is 0.744. The Balaban J connectivity index is 1.95. The number of nitrogens with one attached hydrogen (secondary N) is 1. The maximum absolute atomic E-state index is 13.7. The van der Waals surface area contributed by atoms with Gasteiger partial charge in [-0.3, -0.25) is 14.2 Å². The minimum absolute atomic E-state index is 0.0155. The summed E-state index contributed by atoms with van der Waals surface area (Å²) in [4.78, 5) is 29.9. The Labute approximate surface area is 180 Å². The summed E-state index contributed by atoms with van der Waals surface area (Å²) in [6, 6.07) is 9.19. The predicted octanol–water partition coefficient (Wildman–Crippen LogP) is 3.55. The zero-order chi connectivity index (χ0) is 23.5. The van der Waals surface area contributed by atoms with E-state index in [-0.39, 0.29) is 35.7 Å². The molecule has 1 heterocycles. The fourth-order valence-corrected chi connectivity index (χ4v) is 3.18. The van der Waals surface area contributed by atoms with E-state index in [2.05, 4.69) is 10.3 Å². The SMILES string of the molecule is Cc1nc(-c2cccc(F)c2)n(CC(=O)Nc2ccc(C(F)(F)F)cc2)c(=O)c1CCO. The van der Waals surface area contributed by atoms with Crippen LogP contribution in [-0.4, -0.2) is 27.2 Å². The number of rotatable bonds is 6. The second kappa shape index (κ2) is 9.31. The van der Waals surface area contributed by atoms with Gasteiger partial charge in [0.15, 0.2) is 0 Å². The molecule has 10 heteroatoms. The molecule has 168 valence electrons. The van der Waals surface area contributed by atoms with E-state index in [0.29, 0.717) is 5.69 Å². The molecule has 0 aliphatic carbocycles. The van der Waals surface area contributed by atoms with Gasteiger partial charge >= 0.3 is 6.18 Å². The average molecular weight is 449 g/mol. The Kier molecular flexibility index (Phi) is 6.73. The van der Waals surface area contributed by atoms with Crippen LogP contribution in [0.2, 0.25) is 0 Å². The van der Waals surface area contributed by atoms with Crippen LogP contribution in [-0.2, 0) is 23.9 Å². The van der Waals surface area contributed by atoms with Gasteiger partial charge in [0.05, 0.1) is 5.56 Å². The second-order valence-corrected chi connectivity index (χ2v) is 7.00. The molecule has 0 aliphatic heterocycles. The molecule has 2 aromatic carbocycles. The van der Waals surface area contributed by atoms with E-state index < -0.39 is 35.6 Å². The first-order chi connectivity index (χ1) is 15.1. The van der Waals surface area contributed by atoms with Crippen molar-refractivity contribution in [3.63, 3.8) is 0 Å². The zero-order valence-corrected chi connectivity index (χ0v) is 16.9. The number of hydrogen-bond donors (Lipinski definition) is 2. The number of hydrogen-bond acceptors (Lipinski definition) is 4. The highest BCUT2D eigenvalue weighted by Gasteiger charge is 2.30. The molecule has 3 aromatic rings. The van der Waals surface area contributed by atoms with E-state index >= 15 is 0 Å². The maximum Gasteiger partial charge on any atom is 0.416 e. The third-order valence-corrected chi connectivity index (χ3v) is 4.71. The monoisotopic (exact) mass is 449 g/mol. The van der Waals surface area contributed by atoms with Gasteiger partial charge in [0.2, 0.25) is 5.91 Å². The normalized spacial score (nSPS) is 11.4. The van der Waals surface area contributed by atoms with E-state index in [9.17, 15) is 32.3 Å². The number of aryl methyl sites for hydroxylation is 1. The molecule has 1 amide bonds. The Morgan fingerprint density at radius 2 is 1.84 bits per heavy atom. The number of alkyl halides is 3. The molecule has 3 rings (SSSR count). The van der Waals surface area contributed by atoms with Crippen LogP contribution in [0.4, 0.5) is 23.2 Å². The molecule has 0 unspecified atom stereocenters. The number of aliphatic hydroxyl groups excluding tert-OH is 1. The number of carbonyl (C=O) groups is 1. The summed E-state index contributed by atoms with van der Waals surface area (Å²) >= 11 is 0. The lowest BCUT2D eigenvalue weighted by atomic mass is 10.1. The van der Waals surface area contributed by atoms with Gasteiger partial charge in [0.25, 0.3) is 5.56 Å². The molecule has 0 radical (unpaired) electrons. The highest BCUT2D eigenvalue weighted by molar-refractivity contribution is 5.90. The van der Waals surface area contributed by atoms with Crippen molar-refractivity contribution in [2.45, 2.75) is 26.1 Å². The van der Waals surface area contributed by atoms with Crippen molar-refractivity contribution in [2.75, 3.05) is 11.9 Å². The van der Waals surface area contributed by atoms with Gasteiger partial charge in [-0.2, -0.15) is 13.2 Å².